The highest BCUT2D eigenvalue weighted by molar-refractivity contribution is 5.96. The van der Waals surface area contributed by atoms with Crippen LogP contribution in [0, 0.1) is 0 Å². The Labute approximate surface area is 89.9 Å². The van der Waals surface area contributed by atoms with Crippen LogP contribution in [0.25, 0.3) is 0 Å². The molecule has 0 aliphatic heterocycles. The van der Waals surface area contributed by atoms with E-state index in [-0.39, 0.29) is 5.91 Å². The van der Waals surface area contributed by atoms with E-state index < -0.39 is 0 Å². The minimum atomic E-state index is -0.102. The van der Waals surface area contributed by atoms with Crippen LogP contribution >= 0.6 is 0 Å². The van der Waals surface area contributed by atoms with Crippen molar-refractivity contribution < 1.29 is 4.79 Å². The molecular weight excluding hydrogens is 190 g/mol. The fourth-order valence-electron chi connectivity index (χ4n) is 1.25. The Balaban J connectivity index is 2.89. The summed E-state index contributed by atoms with van der Waals surface area (Å²) in [4.78, 5) is 11.4. The second-order valence-electron chi connectivity index (χ2n) is 3.31. The number of hydrogen-bond donors (Lipinski definition) is 3. The van der Waals surface area contributed by atoms with Crippen molar-refractivity contribution in [1.82, 2.24) is 5.32 Å². The molecule has 1 aromatic rings. The molecule has 1 aromatic carbocycles. The van der Waals surface area contributed by atoms with Crippen molar-refractivity contribution in [3.63, 3.8) is 0 Å². The molecule has 0 saturated carbocycles. The van der Waals surface area contributed by atoms with E-state index in [9.17, 15) is 4.79 Å². The van der Waals surface area contributed by atoms with Gasteiger partial charge in [0.1, 0.15) is 0 Å². The number of carbonyl (C=O) groups is 1. The molecule has 0 spiro atoms. The molecular formula is C11H17N3O. The number of amides is 1. The van der Waals surface area contributed by atoms with E-state index in [0.29, 0.717) is 11.3 Å². The third-order valence-electron chi connectivity index (χ3n) is 2.11. The van der Waals surface area contributed by atoms with Gasteiger partial charge in [-0.2, -0.15) is 0 Å². The van der Waals surface area contributed by atoms with Crippen LogP contribution < -0.4 is 16.4 Å². The molecule has 0 radical (unpaired) electrons. The molecule has 82 valence electrons. The molecule has 0 heterocycles. The summed E-state index contributed by atoms with van der Waals surface area (Å²) in [5.41, 5.74) is 7.87. The third-order valence-corrected chi connectivity index (χ3v) is 2.11. The zero-order valence-electron chi connectivity index (χ0n) is 9.13. The normalized spacial score (nSPS) is 9.73. The number of nitrogen functional groups attached to an aromatic ring is 1. The lowest BCUT2D eigenvalue weighted by atomic mass is 10.1. The summed E-state index contributed by atoms with van der Waals surface area (Å²) in [5.74, 6) is -0.102. The van der Waals surface area contributed by atoms with Crippen molar-refractivity contribution in [3.05, 3.63) is 23.8 Å². The lowest BCUT2D eigenvalue weighted by Gasteiger charge is -2.09. The van der Waals surface area contributed by atoms with Crippen LogP contribution in [0.4, 0.5) is 11.4 Å². The van der Waals surface area contributed by atoms with Crippen LogP contribution in [0.15, 0.2) is 18.2 Å². The second-order valence-corrected chi connectivity index (χ2v) is 3.31. The molecule has 4 nitrogen and oxygen atoms in total. The molecule has 0 bridgehead atoms. The molecule has 0 atom stereocenters. The monoisotopic (exact) mass is 207 g/mol. The third kappa shape index (κ3) is 2.87. The number of anilines is 2. The van der Waals surface area contributed by atoms with E-state index in [1.54, 1.807) is 25.2 Å². The number of nitrogens with two attached hydrogens (primary N) is 1. The van der Waals surface area contributed by atoms with Gasteiger partial charge >= 0.3 is 0 Å². The Bertz CT molecular complexity index is 350. The number of rotatable bonds is 4. The predicted molar refractivity (Wildman–Crippen MR) is 63.0 cm³/mol. The SMILES string of the molecule is CCCNc1cc(C(=O)NC)ccc1N. The van der Waals surface area contributed by atoms with Gasteiger partial charge in [-0.05, 0) is 24.6 Å². The van der Waals surface area contributed by atoms with Gasteiger partial charge in [-0.15, -0.1) is 0 Å². The molecule has 1 rings (SSSR count). The number of nitrogens with one attached hydrogen (secondary N) is 2. The van der Waals surface area contributed by atoms with Gasteiger partial charge in [0.15, 0.2) is 0 Å². The average molecular weight is 207 g/mol. The van der Waals surface area contributed by atoms with Gasteiger partial charge in [0, 0.05) is 19.2 Å². The maximum atomic E-state index is 11.4. The highest BCUT2D eigenvalue weighted by atomic mass is 16.1. The van der Waals surface area contributed by atoms with Crippen LogP contribution in [-0.4, -0.2) is 19.5 Å². The Morgan fingerprint density at radius 1 is 1.47 bits per heavy atom. The van der Waals surface area contributed by atoms with E-state index >= 15 is 0 Å². The van der Waals surface area contributed by atoms with Crippen LogP contribution in [0.5, 0.6) is 0 Å². The van der Waals surface area contributed by atoms with E-state index in [0.717, 1.165) is 18.7 Å². The number of benzene rings is 1. The lowest BCUT2D eigenvalue weighted by molar-refractivity contribution is 0.0963. The van der Waals surface area contributed by atoms with Crippen molar-refractivity contribution >= 4 is 17.3 Å². The van der Waals surface area contributed by atoms with E-state index in [1.165, 1.54) is 0 Å². The van der Waals surface area contributed by atoms with Crippen LogP contribution in [0.3, 0.4) is 0 Å². The first-order valence-corrected chi connectivity index (χ1v) is 5.04. The van der Waals surface area contributed by atoms with Crippen molar-refractivity contribution in [2.75, 3.05) is 24.6 Å². The van der Waals surface area contributed by atoms with Crippen LogP contribution in [0.1, 0.15) is 23.7 Å². The average Bonchev–Trinajstić information content (AvgIpc) is 2.27. The van der Waals surface area contributed by atoms with Gasteiger partial charge in [-0.3, -0.25) is 4.79 Å². The van der Waals surface area contributed by atoms with Gasteiger partial charge in [0.2, 0.25) is 0 Å². The Morgan fingerprint density at radius 3 is 2.80 bits per heavy atom. The topological polar surface area (TPSA) is 67.2 Å². The van der Waals surface area contributed by atoms with Gasteiger partial charge in [-0.25, -0.2) is 0 Å². The number of hydrogen-bond acceptors (Lipinski definition) is 3. The summed E-state index contributed by atoms with van der Waals surface area (Å²) >= 11 is 0. The van der Waals surface area contributed by atoms with Gasteiger partial charge in [0.25, 0.3) is 5.91 Å². The Hall–Kier alpha value is -1.71. The smallest absolute Gasteiger partial charge is 0.251 e. The maximum Gasteiger partial charge on any atom is 0.251 e. The van der Waals surface area contributed by atoms with Crippen LogP contribution in [-0.2, 0) is 0 Å². The van der Waals surface area contributed by atoms with Crippen molar-refractivity contribution in [2.45, 2.75) is 13.3 Å². The zero-order valence-corrected chi connectivity index (χ0v) is 9.13. The summed E-state index contributed by atoms with van der Waals surface area (Å²) in [6.45, 7) is 2.92. The molecule has 0 unspecified atom stereocenters. The molecule has 4 N–H and O–H groups in total. The minimum Gasteiger partial charge on any atom is -0.397 e. The quantitative estimate of drug-likeness (QED) is 0.655. The van der Waals surface area contributed by atoms with E-state index in [4.69, 9.17) is 5.73 Å². The van der Waals surface area contributed by atoms with Gasteiger partial charge in [-0.1, -0.05) is 6.92 Å². The maximum absolute atomic E-state index is 11.4. The highest BCUT2D eigenvalue weighted by Crippen LogP contribution is 2.19. The largest absolute Gasteiger partial charge is 0.397 e. The molecule has 15 heavy (non-hydrogen) atoms. The molecule has 0 aromatic heterocycles. The lowest BCUT2D eigenvalue weighted by Crippen LogP contribution is -2.18. The standard InChI is InChI=1S/C11H17N3O/c1-3-6-14-10-7-8(11(15)13-2)4-5-9(10)12/h4-5,7,14H,3,6,12H2,1-2H3,(H,13,15). The first-order valence-electron chi connectivity index (χ1n) is 5.04. The number of carbonyl (C=O) groups excluding carboxylic acids is 1. The summed E-state index contributed by atoms with van der Waals surface area (Å²) < 4.78 is 0. The van der Waals surface area contributed by atoms with Gasteiger partial charge in [0.05, 0.1) is 11.4 Å². The fraction of sp³-hybridized carbons (Fsp3) is 0.364. The van der Waals surface area contributed by atoms with Gasteiger partial charge < -0.3 is 16.4 Å². The molecule has 1 amide bonds. The van der Waals surface area contributed by atoms with E-state index in [2.05, 4.69) is 17.6 Å². The summed E-state index contributed by atoms with van der Waals surface area (Å²) in [5, 5.41) is 5.75. The van der Waals surface area contributed by atoms with Crippen molar-refractivity contribution in [1.29, 1.82) is 0 Å². The van der Waals surface area contributed by atoms with E-state index in [1.807, 2.05) is 0 Å². The highest BCUT2D eigenvalue weighted by Gasteiger charge is 2.05. The first-order chi connectivity index (χ1) is 7.19. The molecule has 4 heteroatoms. The molecule has 0 aliphatic rings. The minimum absolute atomic E-state index is 0.102. The molecule has 0 aliphatic carbocycles. The summed E-state index contributed by atoms with van der Waals surface area (Å²) in [6.07, 6.45) is 1.02. The second kappa shape index (κ2) is 5.24. The predicted octanol–water partition coefficient (Wildman–Crippen LogP) is 1.45. The van der Waals surface area contributed by atoms with Crippen LogP contribution in [0.2, 0.25) is 0 Å². The molecule has 0 fully saturated rings. The first kappa shape index (κ1) is 11.4. The zero-order chi connectivity index (χ0) is 11.3. The molecule has 0 saturated heterocycles. The van der Waals surface area contributed by atoms with Crippen molar-refractivity contribution in [3.8, 4) is 0 Å². The summed E-state index contributed by atoms with van der Waals surface area (Å²) in [6, 6.07) is 5.22. The fourth-order valence-corrected chi connectivity index (χ4v) is 1.25. The Morgan fingerprint density at radius 2 is 2.20 bits per heavy atom. The summed E-state index contributed by atoms with van der Waals surface area (Å²) in [7, 11) is 1.61. The Kier molecular flexibility index (Phi) is 3.97. The van der Waals surface area contributed by atoms with Crippen molar-refractivity contribution in [2.24, 2.45) is 0 Å².